The largest absolute Gasteiger partial charge is 0.350 e. The first kappa shape index (κ1) is 16.1. The van der Waals surface area contributed by atoms with Crippen LogP contribution in [0.25, 0.3) is 0 Å². The van der Waals surface area contributed by atoms with Crippen LogP contribution in [0.3, 0.4) is 0 Å². The van der Waals surface area contributed by atoms with Crippen molar-refractivity contribution in [2.75, 3.05) is 13.1 Å². The second-order valence-electron chi connectivity index (χ2n) is 5.07. The Labute approximate surface area is 138 Å². The number of hydrogen-bond donors (Lipinski definition) is 2. The van der Waals surface area contributed by atoms with Crippen LogP contribution in [0, 0.1) is 5.82 Å². The molecule has 3 rings (SSSR count). The van der Waals surface area contributed by atoms with Gasteiger partial charge in [0.1, 0.15) is 11.7 Å². The van der Waals surface area contributed by atoms with Crippen molar-refractivity contribution in [1.82, 2.24) is 10.0 Å². The molecule has 0 unspecified atom stereocenters. The van der Waals surface area contributed by atoms with Crippen molar-refractivity contribution in [3.8, 4) is 0 Å². The van der Waals surface area contributed by atoms with Crippen LogP contribution in [0.15, 0.2) is 58.4 Å². The summed E-state index contributed by atoms with van der Waals surface area (Å²) in [7, 11) is -3.57. The van der Waals surface area contributed by atoms with E-state index < -0.39 is 21.7 Å². The number of nitrogens with one attached hydrogen (secondary N) is 2. The number of halogens is 1. The quantitative estimate of drug-likeness (QED) is 0.817. The zero-order valence-electron chi connectivity index (χ0n) is 12.5. The number of carbonyl (C=O) groups is 1. The van der Waals surface area contributed by atoms with Crippen LogP contribution < -0.4 is 10.0 Å². The van der Waals surface area contributed by atoms with E-state index in [1.54, 1.807) is 24.3 Å². The van der Waals surface area contributed by atoms with E-state index in [2.05, 4.69) is 15.0 Å². The first-order valence-electron chi connectivity index (χ1n) is 7.18. The molecule has 1 amide bonds. The average molecular weight is 347 g/mol. The van der Waals surface area contributed by atoms with Crippen molar-refractivity contribution in [2.24, 2.45) is 4.99 Å². The summed E-state index contributed by atoms with van der Waals surface area (Å²) in [5.41, 5.74) is 0.454. The van der Waals surface area contributed by atoms with Crippen LogP contribution >= 0.6 is 0 Å². The van der Waals surface area contributed by atoms with E-state index in [1.807, 2.05) is 0 Å². The number of fused-ring (bicyclic) bond motifs is 1. The summed E-state index contributed by atoms with van der Waals surface area (Å²) < 4.78 is 39.7. The highest BCUT2D eigenvalue weighted by molar-refractivity contribution is 7.90. The standard InChI is InChI=1S/C16H14FN3O3S/c17-13-7-3-1-5-11(13)16(21)19-10-9-18-15-12-6-2-4-8-14(12)24(22,23)20-15/h1-8H,9-10H2,(H,18,20)(H,19,21). The maximum atomic E-state index is 13.5. The molecule has 0 saturated heterocycles. The van der Waals surface area contributed by atoms with Crippen LogP contribution in [-0.2, 0) is 10.0 Å². The van der Waals surface area contributed by atoms with E-state index in [0.29, 0.717) is 5.56 Å². The van der Waals surface area contributed by atoms with Gasteiger partial charge in [0.25, 0.3) is 15.9 Å². The predicted octanol–water partition coefficient (Wildman–Crippen LogP) is 1.29. The number of amides is 1. The van der Waals surface area contributed by atoms with Crippen molar-refractivity contribution >= 4 is 21.8 Å². The fourth-order valence-electron chi connectivity index (χ4n) is 2.33. The summed E-state index contributed by atoms with van der Waals surface area (Å²) in [5.74, 6) is -0.898. The lowest BCUT2D eigenvalue weighted by atomic mass is 10.2. The third-order valence-electron chi connectivity index (χ3n) is 3.45. The van der Waals surface area contributed by atoms with Crippen LogP contribution in [0.2, 0.25) is 0 Å². The third kappa shape index (κ3) is 3.13. The molecule has 1 heterocycles. The summed E-state index contributed by atoms with van der Waals surface area (Å²) >= 11 is 0. The fraction of sp³-hybridized carbons (Fsp3) is 0.125. The van der Waals surface area contributed by atoms with Crippen LogP contribution in [0.5, 0.6) is 0 Å². The van der Waals surface area contributed by atoms with Crippen LogP contribution in [-0.4, -0.2) is 33.3 Å². The van der Waals surface area contributed by atoms with Crippen molar-refractivity contribution < 1.29 is 17.6 Å². The molecule has 0 spiro atoms. The number of amidine groups is 1. The smallest absolute Gasteiger partial charge is 0.263 e. The highest BCUT2D eigenvalue weighted by Crippen LogP contribution is 2.21. The molecule has 24 heavy (non-hydrogen) atoms. The summed E-state index contributed by atoms with van der Waals surface area (Å²) in [6.45, 7) is 0.312. The summed E-state index contributed by atoms with van der Waals surface area (Å²) in [6, 6.07) is 12.2. The Morgan fingerprint density at radius 2 is 1.83 bits per heavy atom. The molecule has 2 N–H and O–H groups in total. The monoisotopic (exact) mass is 347 g/mol. The van der Waals surface area contributed by atoms with Gasteiger partial charge in [0.05, 0.1) is 17.0 Å². The minimum Gasteiger partial charge on any atom is -0.350 e. The molecular formula is C16H14FN3O3S. The fourth-order valence-corrected chi connectivity index (χ4v) is 3.58. The number of carbonyl (C=O) groups excluding carboxylic acids is 1. The topological polar surface area (TPSA) is 87.6 Å². The van der Waals surface area contributed by atoms with E-state index in [0.717, 1.165) is 0 Å². The van der Waals surface area contributed by atoms with Gasteiger partial charge in [0.2, 0.25) is 0 Å². The molecule has 0 radical (unpaired) electrons. The molecule has 0 aromatic heterocycles. The van der Waals surface area contributed by atoms with E-state index in [1.165, 1.54) is 24.3 Å². The molecule has 0 bridgehead atoms. The molecule has 1 aliphatic heterocycles. The SMILES string of the molecule is O=C(NCCN=C1NS(=O)(=O)c2ccccc21)c1ccccc1F. The number of sulfonamides is 1. The van der Waals surface area contributed by atoms with Crippen LogP contribution in [0.4, 0.5) is 4.39 Å². The zero-order chi connectivity index (χ0) is 17.2. The van der Waals surface area contributed by atoms with Gasteiger partial charge in [-0.15, -0.1) is 0 Å². The van der Waals surface area contributed by atoms with Gasteiger partial charge >= 0.3 is 0 Å². The van der Waals surface area contributed by atoms with Gasteiger partial charge in [0.15, 0.2) is 0 Å². The number of nitrogens with zero attached hydrogens (tertiary/aromatic N) is 1. The van der Waals surface area contributed by atoms with E-state index in [-0.39, 0.29) is 29.4 Å². The first-order chi connectivity index (χ1) is 11.5. The molecule has 8 heteroatoms. The number of aliphatic imine (C=N–C) groups is 1. The molecular weight excluding hydrogens is 333 g/mol. The zero-order valence-corrected chi connectivity index (χ0v) is 13.3. The number of hydrogen-bond acceptors (Lipinski definition) is 4. The second-order valence-corrected chi connectivity index (χ2v) is 6.72. The van der Waals surface area contributed by atoms with E-state index in [4.69, 9.17) is 0 Å². The lowest BCUT2D eigenvalue weighted by molar-refractivity contribution is 0.0951. The summed E-state index contributed by atoms with van der Waals surface area (Å²) in [5, 5.41) is 2.55. The molecule has 0 fully saturated rings. The molecule has 1 aliphatic rings. The Kier molecular flexibility index (Phi) is 4.30. The second kappa shape index (κ2) is 6.40. The molecule has 2 aromatic rings. The van der Waals surface area contributed by atoms with Gasteiger partial charge in [-0.3, -0.25) is 14.5 Å². The molecule has 124 valence electrons. The Balaban J connectivity index is 1.64. The van der Waals surface area contributed by atoms with Crippen molar-refractivity contribution in [3.05, 3.63) is 65.5 Å². The molecule has 0 aliphatic carbocycles. The molecule has 0 atom stereocenters. The maximum Gasteiger partial charge on any atom is 0.263 e. The lowest BCUT2D eigenvalue weighted by Crippen LogP contribution is -2.28. The van der Waals surface area contributed by atoms with Gasteiger partial charge in [-0.1, -0.05) is 24.3 Å². The Morgan fingerprint density at radius 3 is 2.62 bits per heavy atom. The van der Waals surface area contributed by atoms with E-state index in [9.17, 15) is 17.6 Å². The molecule has 0 saturated carbocycles. The lowest BCUT2D eigenvalue weighted by Gasteiger charge is -2.05. The average Bonchev–Trinajstić information content (AvgIpc) is 2.83. The minimum atomic E-state index is -3.57. The van der Waals surface area contributed by atoms with Crippen molar-refractivity contribution in [3.63, 3.8) is 0 Å². The van der Waals surface area contributed by atoms with Gasteiger partial charge in [-0.2, -0.15) is 0 Å². The van der Waals surface area contributed by atoms with E-state index >= 15 is 0 Å². The number of rotatable bonds is 4. The minimum absolute atomic E-state index is 0.0444. The van der Waals surface area contributed by atoms with Gasteiger partial charge in [-0.25, -0.2) is 12.8 Å². The molecule has 6 nitrogen and oxygen atoms in total. The van der Waals surface area contributed by atoms with Gasteiger partial charge < -0.3 is 5.32 Å². The predicted molar refractivity (Wildman–Crippen MR) is 86.9 cm³/mol. The third-order valence-corrected chi connectivity index (χ3v) is 4.85. The Morgan fingerprint density at radius 1 is 1.12 bits per heavy atom. The maximum absolute atomic E-state index is 13.5. The van der Waals surface area contributed by atoms with Gasteiger partial charge in [0, 0.05) is 12.1 Å². The van der Waals surface area contributed by atoms with Crippen molar-refractivity contribution in [1.29, 1.82) is 0 Å². The number of benzene rings is 2. The normalized spacial score (nSPS) is 16.5. The molecule has 2 aromatic carbocycles. The Hall–Kier alpha value is -2.74. The summed E-state index contributed by atoms with van der Waals surface area (Å²) in [6.07, 6.45) is 0. The first-order valence-corrected chi connectivity index (χ1v) is 8.67. The summed E-state index contributed by atoms with van der Waals surface area (Å²) in [4.78, 5) is 16.2. The highest BCUT2D eigenvalue weighted by Gasteiger charge is 2.29. The van der Waals surface area contributed by atoms with Gasteiger partial charge in [-0.05, 0) is 24.3 Å². The Bertz CT molecular complexity index is 926. The van der Waals surface area contributed by atoms with Crippen LogP contribution in [0.1, 0.15) is 15.9 Å². The van der Waals surface area contributed by atoms with Crippen molar-refractivity contribution in [2.45, 2.75) is 4.90 Å². The highest BCUT2D eigenvalue weighted by atomic mass is 32.2.